The zero-order chi connectivity index (χ0) is 13.8. The fourth-order valence-electron chi connectivity index (χ4n) is 2.42. The van der Waals surface area contributed by atoms with Crippen LogP contribution in [0.4, 0.5) is 0 Å². The van der Waals surface area contributed by atoms with E-state index in [0.717, 1.165) is 12.2 Å². The first-order valence-electron chi connectivity index (χ1n) is 6.54. The molecule has 0 aliphatic heterocycles. The predicted molar refractivity (Wildman–Crippen MR) is 77.6 cm³/mol. The van der Waals surface area contributed by atoms with Crippen LogP contribution in [0.2, 0.25) is 0 Å². The molecule has 0 saturated heterocycles. The minimum Gasteiger partial charge on any atom is -0.336 e. The van der Waals surface area contributed by atoms with Crippen molar-refractivity contribution in [2.45, 2.75) is 19.5 Å². The van der Waals surface area contributed by atoms with Crippen molar-refractivity contribution in [1.82, 2.24) is 14.5 Å². The summed E-state index contributed by atoms with van der Waals surface area (Å²) >= 11 is 0. The van der Waals surface area contributed by atoms with Gasteiger partial charge in [-0.05, 0) is 19.5 Å². The Morgan fingerprint density at radius 2 is 2.21 bits per heavy atom. The third-order valence-corrected chi connectivity index (χ3v) is 3.47. The van der Waals surface area contributed by atoms with E-state index in [1.807, 2.05) is 24.1 Å². The molecule has 0 radical (unpaired) electrons. The topological polar surface area (TPSA) is 47.1 Å². The van der Waals surface area contributed by atoms with Gasteiger partial charge in [0.15, 0.2) is 0 Å². The van der Waals surface area contributed by atoms with E-state index in [4.69, 9.17) is 5.73 Å². The van der Waals surface area contributed by atoms with Crippen molar-refractivity contribution < 1.29 is 0 Å². The van der Waals surface area contributed by atoms with E-state index in [9.17, 15) is 0 Å². The fraction of sp³-hybridized carbons (Fsp3) is 0.400. The number of nitrogens with zero attached hydrogens (tertiary/aromatic N) is 3. The molecule has 19 heavy (non-hydrogen) atoms. The van der Waals surface area contributed by atoms with E-state index in [-0.39, 0.29) is 6.04 Å². The molecule has 1 atom stereocenters. The molecule has 0 amide bonds. The van der Waals surface area contributed by atoms with Crippen molar-refractivity contribution in [3.05, 3.63) is 53.6 Å². The molecule has 102 valence electrons. The van der Waals surface area contributed by atoms with E-state index < -0.39 is 0 Å². The Labute approximate surface area is 114 Å². The van der Waals surface area contributed by atoms with Gasteiger partial charge in [-0.15, -0.1) is 0 Å². The maximum atomic E-state index is 5.93. The van der Waals surface area contributed by atoms with Crippen molar-refractivity contribution in [3.8, 4) is 0 Å². The van der Waals surface area contributed by atoms with Gasteiger partial charge >= 0.3 is 0 Å². The summed E-state index contributed by atoms with van der Waals surface area (Å²) < 4.78 is 2.03. The van der Waals surface area contributed by atoms with Crippen molar-refractivity contribution in [1.29, 1.82) is 0 Å². The molecule has 0 bridgehead atoms. The van der Waals surface area contributed by atoms with E-state index in [0.29, 0.717) is 6.54 Å². The van der Waals surface area contributed by atoms with Crippen molar-refractivity contribution in [2.24, 2.45) is 12.8 Å². The highest BCUT2D eigenvalue weighted by Gasteiger charge is 2.18. The zero-order valence-electron chi connectivity index (χ0n) is 11.9. The minimum atomic E-state index is 0.188. The molecule has 4 heteroatoms. The average molecular weight is 258 g/mol. The molecule has 1 aromatic heterocycles. The molecule has 1 heterocycles. The summed E-state index contributed by atoms with van der Waals surface area (Å²) in [5.74, 6) is 0. The van der Waals surface area contributed by atoms with Gasteiger partial charge in [-0.1, -0.05) is 29.8 Å². The Hall–Kier alpha value is -1.65. The number of rotatable bonds is 5. The van der Waals surface area contributed by atoms with Gasteiger partial charge in [0.1, 0.15) is 0 Å². The summed E-state index contributed by atoms with van der Waals surface area (Å²) in [5, 5.41) is 0. The van der Waals surface area contributed by atoms with Gasteiger partial charge in [0, 0.05) is 26.3 Å². The number of likely N-dealkylation sites (N-methyl/N-ethyl adjacent to an activating group) is 1. The van der Waals surface area contributed by atoms with Gasteiger partial charge in [0.25, 0.3) is 0 Å². The quantitative estimate of drug-likeness (QED) is 0.890. The summed E-state index contributed by atoms with van der Waals surface area (Å²) in [6.45, 7) is 3.58. The van der Waals surface area contributed by atoms with Crippen LogP contribution in [0.1, 0.15) is 22.9 Å². The first kappa shape index (κ1) is 13.8. The molecule has 0 aliphatic rings. The molecule has 4 nitrogen and oxygen atoms in total. The first-order chi connectivity index (χ1) is 9.11. The maximum absolute atomic E-state index is 5.93. The summed E-state index contributed by atoms with van der Waals surface area (Å²) in [6, 6.07) is 8.77. The second-order valence-electron chi connectivity index (χ2n) is 5.09. The monoisotopic (exact) mass is 258 g/mol. The normalized spacial score (nSPS) is 12.9. The molecule has 0 spiro atoms. The lowest BCUT2D eigenvalue weighted by Gasteiger charge is -2.27. The van der Waals surface area contributed by atoms with Crippen LogP contribution >= 0.6 is 0 Å². The SMILES string of the molecule is Cc1cccc(CN(C)C(CN)c2cncn2C)c1. The van der Waals surface area contributed by atoms with Crippen LogP contribution in [0.15, 0.2) is 36.8 Å². The largest absolute Gasteiger partial charge is 0.336 e. The number of hydrogen-bond donors (Lipinski definition) is 1. The number of imidazole rings is 1. The molecule has 2 rings (SSSR count). The van der Waals surface area contributed by atoms with Gasteiger partial charge in [0.2, 0.25) is 0 Å². The highest BCUT2D eigenvalue weighted by atomic mass is 15.2. The number of benzene rings is 1. The molecule has 2 N–H and O–H groups in total. The van der Waals surface area contributed by atoms with Gasteiger partial charge in [-0.2, -0.15) is 0 Å². The molecule has 1 unspecified atom stereocenters. The number of nitrogens with two attached hydrogens (primary N) is 1. The second-order valence-corrected chi connectivity index (χ2v) is 5.09. The van der Waals surface area contributed by atoms with Crippen molar-refractivity contribution >= 4 is 0 Å². The molecule has 0 fully saturated rings. The highest BCUT2D eigenvalue weighted by molar-refractivity contribution is 5.22. The van der Waals surface area contributed by atoms with Gasteiger partial charge in [-0.25, -0.2) is 4.98 Å². The maximum Gasteiger partial charge on any atom is 0.0946 e. The van der Waals surface area contributed by atoms with Crippen LogP contribution in [-0.2, 0) is 13.6 Å². The van der Waals surface area contributed by atoms with Crippen LogP contribution in [0.3, 0.4) is 0 Å². The first-order valence-corrected chi connectivity index (χ1v) is 6.54. The predicted octanol–water partition coefficient (Wildman–Crippen LogP) is 1.86. The Bertz CT molecular complexity index is 532. The molecular formula is C15H22N4. The van der Waals surface area contributed by atoms with E-state index in [1.54, 1.807) is 0 Å². The van der Waals surface area contributed by atoms with Crippen molar-refractivity contribution in [2.75, 3.05) is 13.6 Å². The Kier molecular flexibility index (Phi) is 4.35. The van der Waals surface area contributed by atoms with Crippen LogP contribution in [0.25, 0.3) is 0 Å². The zero-order valence-corrected chi connectivity index (χ0v) is 11.9. The van der Waals surface area contributed by atoms with E-state index >= 15 is 0 Å². The van der Waals surface area contributed by atoms with E-state index in [1.165, 1.54) is 11.1 Å². The average Bonchev–Trinajstić information content (AvgIpc) is 2.77. The summed E-state index contributed by atoms with van der Waals surface area (Å²) in [5.41, 5.74) is 9.68. The van der Waals surface area contributed by atoms with Crippen LogP contribution < -0.4 is 5.73 Å². The van der Waals surface area contributed by atoms with Crippen molar-refractivity contribution in [3.63, 3.8) is 0 Å². The smallest absolute Gasteiger partial charge is 0.0946 e. The number of hydrogen-bond acceptors (Lipinski definition) is 3. The van der Waals surface area contributed by atoms with Gasteiger partial charge in [0.05, 0.1) is 18.1 Å². The van der Waals surface area contributed by atoms with Crippen LogP contribution in [-0.4, -0.2) is 28.0 Å². The Morgan fingerprint density at radius 3 is 2.79 bits per heavy atom. The van der Waals surface area contributed by atoms with Crippen LogP contribution in [0.5, 0.6) is 0 Å². The molecule has 2 aromatic rings. The minimum absolute atomic E-state index is 0.188. The summed E-state index contributed by atoms with van der Waals surface area (Å²) in [4.78, 5) is 6.44. The second kappa shape index (κ2) is 5.99. The Morgan fingerprint density at radius 1 is 1.42 bits per heavy atom. The third-order valence-electron chi connectivity index (χ3n) is 3.47. The molecule has 0 saturated carbocycles. The number of aryl methyl sites for hydroxylation is 2. The Balaban J connectivity index is 2.14. The van der Waals surface area contributed by atoms with Gasteiger partial charge in [-0.3, -0.25) is 4.90 Å². The fourth-order valence-corrected chi connectivity index (χ4v) is 2.42. The van der Waals surface area contributed by atoms with E-state index in [2.05, 4.69) is 48.1 Å². The lowest BCUT2D eigenvalue weighted by Crippen LogP contribution is -2.31. The molecule has 0 aliphatic carbocycles. The molecular weight excluding hydrogens is 236 g/mol. The summed E-state index contributed by atoms with van der Waals surface area (Å²) in [6.07, 6.45) is 3.71. The van der Waals surface area contributed by atoms with Crippen LogP contribution in [0, 0.1) is 6.92 Å². The molecule has 1 aromatic carbocycles. The third kappa shape index (κ3) is 3.22. The van der Waals surface area contributed by atoms with Gasteiger partial charge < -0.3 is 10.3 Å². The standard InChI is InChI=1S/C15H22N4/c1-12-5-4-6-13(7-12)10-18(2)14(8-16)15-9-17-11-19(15)3/h4-7,9,11,14H,8,10,16H2,1-3H3. The number of aromatic nitrogens is 2. The lowest BCUT2D eigenvalue weighted by molar-refractivity contribution is 0.234. The highest BCUT2D eigenvalue weighted by Crippen LogP contribution is 2.19. The lowest BCUT2D eigenvalue weighted by atomic mass is 10.1. The summed E-state index contributed by atoms with van der Waals surface area (Å²) in [7, 11) is 4.11.